The molecule has 0 saturated carbocycles. The molecule has 2 aliphatic rings. The highest BCUT2D eigenvalue weighted by atomic mass is 19.1. The lowest BCUT2D eigenvalue weighted by Crippen LogP contribution is -2.59. The first-order chi connectivity index (χ1) is 12.0. The Morgan fingerprint density at radius 2 is 2.04 bits per heavy atom. The number of halogens is 1. The predicted octanol–water partition coefficient (Wildman–Crippen LogP) is 2.35. The molecule has 2 amide bonds. The largest absolute Gasteiger partial charge is 0.375 e. The second-order valence-corrected chi connectivity index (χ2v) is 7.00. The maximum absolute atomic E-state index is 13.5. The van der Waals surface area contributed by atoms with Crippen molar-refractivity contribution in [2.24, 2.45) is 0 Å². The second kappa shape index (κ2) is 7.52. The third-order valence-corrected chi connectivity index (χ3v) is 5.45. The molecule has 0 aliphatic carbocycles. The Morgan fingerprint density at radius 3 is 2.72 bits per heavy atom. The zero-order valence-electron chi connectivity index (χ0n) is 14.7. The fourth-order valence-corrected chi connectivity index (χ4v) is 4.08. The SMILES string of the molecule is COCC(=O)N1CCC2(CCCC(=O)N2Cc2cccc(F)c2)CC1. The Balaban J connectivity index is 1.74. The lowest BCUT2D eigenvalue weighted by molar-refractivity contribution is -0.149. The van der Waals surface area contributed by atoms with Crippen LogP contribution in [0, 0.1) is 5.82 Å². The Labute approximate surface area is 147 Å². The molecule has 1 aromatic carbocycles. The molecule has 25 heavy (non-hydrogen) atoms. The van der Waals surface area contributed by atoms with E-state index < -0.39 is 0 Å². The maximum atomic E-state index is 13.5. The Kier molecular flexibility index (Phi) is 5.37. The van der Waals surface area contributed by atoms with Crippen LogP contribution in [0.15, 0.2) is 24.3 Å². The van der Waals surface area contributed by atoms with Crippen LogP contribution in [0.2, 0.25) is 0 Å². The summed E-state index contributed by atoms with van der Waals surface area (Å²) in [5.74, 6) is -0.153. The topological polar surface area (TPSA) is 49.9 Å². The van der Waals surface area contributed by atoms with Crippen molar-refractivity contribution in [3.63, 3.8) is 0 Å². The van der Waals surface area contributed by atoms with Gasteiger partial charge in [-0.05, 0) is 43.4 Å². The van der Waals surface area contributed by atoms with Crippen molar-refractivity contribution in [3.8, 4) is 0 Å². The second-order valence-electron chi connectivity index (χ2n) is 7.00. The van der Waals surface area contributed by atoms with Gasteiger partial charge in [0.15, 0.2) is 0 Å². The summed E-state index contributed by atoms with van der Waals surface area (Å²) in [6, 6.07) is 6.44. The van der Waals surface area contributed by atoms with E-state index in [1.54, 1.807) is 6.07 Å². The molecule has 0 radical (unpaired) electrons. The van der Waals surface area contributed by atoms with Crippen LogP contribution in [-0.4, -0.2) is 54.0 Å². The van der Waals surface area contributed by atoms with E-state index in [0.29, 0.717) is 26.1 Å². The van der Waals surface area contributed by atoms with Crippen LogP contribution in [0.4, 0.5) is 4.39 Å². The smallest absolute Gasteiger partial charge is 0.248 e. The highest BCUT2D eigenvalue weighted by Crippen LogP contribution is 2.39. The van der Waals surface area contributed by atoms with E-state index in [2.05, 4.69) is 0 Å². The Bertz CT molecular complexity index is 641. The van der Waals surface area contributed by atoms with E-state index in [9.17, 15) is 14.0 Å². The molecule has 2 heterocycles. The van der Waals surface area contributed by atoms with E-state index in [1.165, 1.54) is 19.2 Å². The molecule has 2 saturated heterocycles. The summed E-state index contributed by atoms with van der Waals surface area (Å²) in [6.07, 6.45) is 3.90. The number of piperidine rings is 2. The quantitative estimate of drug-likeness (QED) is 0.839. The molecule has 0 unspecified atom stereocenters. The van der Waals surface area contributed by atoms with Gasteiger partial charge in [0.05, 0.1) is 0 Å². The Hall–Kier alpha value is -1.95. The molecule has 0 N–H and O–H groups in total. The number of ether oxygens (including phenoxy) is 1. The lowest BCUT2D eigenvalue weighted by Gasteiger charge is -2.51. The van der Waals surface area contributed by atoms with E-state index in [0.717, 1.165) is 31.2 Å². The van der Waals surface area contributed by atoms with Crippen LogP contribution in [0.5, 0.6) is 0 Å². The average Bonchev–Trinajstić information content (AvgIpc) is 2.59. The zero-order chi connectivity index (χ0) is 17.9. The van der Waals surface area contributed by atoms with Gasteiger partial charge < -0.3 is 14.5 Å². The molecule has 3 rings (SSSR count). The number of benzene rings is 1. The van der Waals surface area contributed by atoms with E-state index >= 15 is 0 Å². The van der Waals surface area contributed by atoms with Crippen LogP contribution in [0.3, 0.4) is 0 Å². The predicted molar refractivity (Wildman–Crippen MR) is 91.2 cm³/mol. The van der Waals surface area contributed by atoms with Gasteiger partial charge in [-0.2, -0.15) is 0 Å². The van der Waals surface area contributed by atoms with Crippen LogP contribution in [0.25, 0.3) is 0 Å². The minimum atomic E-state index is -0.281. The van der Waals surface area contributed by atoms with Crippen LogP contribution < -0.4 is 0 Å². The van der Waals surface area contributed by atoms with Gasteiger partial charge in [-0.15, -0.1) is 0 Å². The minimum absolute atomic E-state index is 0.00355. The number of hydrogen-bond acceptors (Lipinski definition) is 3. The standard InChI is InChI=1S/C19H25FN2O3/c1-25-14-18(24)21-10-8-19(9-11-21)7-3-6-17(23)22(19)13-15-4-2-5-16(20)12-15/h2,4-5,12H,3,6-11,13-14H2,1H3. The van der Waals surface area contributed by atoms with Crippen molar-refractivity contribution in [2.45, 2.75) is 44.2 Å². The molecule has 6 heteroatoms. The van der Waals surface area contributed by atoms with Gasteiger partial charge in [0.2, 0.25) is 11.8 Å². The minimum Gasteiger partial charge on any atom is -0.375 e. The van der Waals surface area contributed by atoms with Gasteiger partial charge in [-0.3, -0.25) is 9.59 Å². The van der Waals surface area contributed by atoms with Crippen molar-refractivity contribution in [3.05, 3.63) is 35.6 Å². The first kappa shape index (κ1) is 17.9. The Morgan fingerprint density at radius 1 is 1.28 bits per heavy atom. The van der Waals surface area contributed by atoms with Crippen molar-refractivity contribution >= 4 is 11.8 Å². The molecule has 2 aliphatic heterocycles. The van der Waals surface area contributed by atoms with Gasteiger partial charge in [-0.1, -0.05) is 12.1 Å². The molecular formula is C19H25FN2O3. The summed E-state index contributed by atoms with van der Waals surface area (Å²) >= 11 is 0. The average molecular weight is 348 g/mol. The van der Waals surface area contributed by atoms with Crippen molar-refractivity contribution in [2.75, 3.05) is 26.8 Å². The van der Waals surface area contributed by atoms with Crippen LogP contribution in [-0.2, 0) is 20.9 Å². The van der Waals surface area contributed by atoms with Gasteiger partial charge in [0, 0.05) is 38.7 Å². The zero-order valence-corrected chi connectivity index (χ0v) is 14.7. The third-order valence-electron chi connectivity index (χ3n) is 5.45. The van der Waals surface area contributed by atoms with Crippen LogP contribution in [0.1, 0.15) is 37.7 Å². The molecule has 136 valence electrons. The summed E-state index contributed by atoms with van der Waals surface area (Å²) in [5, 5.41) is 0. The molecule has 1 aromatic rings. The monoisotopic (exact) mass is 348 g/mol. The number of likely N-dealkylation sites (tertiary alicyclic amines) is 2. The highest BCUT2D eigenvalue weighted by molar-refractivity contribution is 5.79. The lowest BCUT2D eigenvalue weighted by atomic mass is 9.78. The number of hydrogen-bond donors (Lipinski definition) is 0. The third kappa shape index (κ3) is 3.84. The van der Waals surface area contributed by atoms with Gasteiger partial charge in [-0.25, -0.2) is 4.39 Å². The summed E-state index contributed by atoms with van der Waals surface area (Å²) in [5.41, 5.74) is 0.596. The van der Waals surface area contributed by atoms with E-state index in [4.69, 9.17) is 4.74 Å². The fourth-order valence-electron chi connectivity index (χ4n) is 4.08. The van der Waals surface area contributed by atoms with Crippen molar-refractivity contribution < 1.29 is 18.7 Å². The molecule has 0 bridgehead atoms. The van der Waals surface area contributed by atoms with Crippen molar-refractivity contribution in [1.82, 2.24) is 9.80 Å². The molecule has 2 fully saturated rings. The molecular weight excluding hydrogens is 323 g/mol. The summed E-state index contributed by atoms with van der Waals surface area (Å²) in [6.45, 7) is 1.80. The summed E-state index contributed by atoms with van der Waals surface area (Å²) < 4.78 is 18.4. The normalized spacial score (nSPS) is 20.2. The molecule has 0 atom stereocenters. The number of carbonyl (C=O) groups excluding carboxylic acids is 2. The maximum Gasteiger partial charge on any atom is 0.248 e. The first-order valence-corrected chi connectivity index (χ1v) is 8.86. The van der Waals surface area contributed by atoms with Crippen molar-refractivity contribution in [1.29, 1.82) is 0 Å². The molecule has 1 spiro atoms. The number of methoxy groups -OCH3 is 1. The fraction of sp³-hybridized carbons (Fsp3) is 0.579. The van der Waals surface area contributed by atoms with E-state index in [1.807, 2.05) is 15.9 Å². The summed E-state index contributed by atoms with van der Waals surface area (Å²) in [4.78, 5) is 28.4. The molecule has 0 aromatic heterocycles. The highest BCUT2D eigenvalue weighted by Gasteiger charge is 2.44. The van der Waals surface area contributed by atoms with Crippen LogP contribution >= 0.6 is 0 Å². The first-order valence-electron chi connectivity index (χ1n) is 8.86. The van der Waals surface area contributed by atoms with Gasteiger partial charge >= 0.3 is 0 Å². The molecule has 5 nitrogen and oxygen atoms in total. The summed E-state index contributed by atoms with van der Waals surface area (Å²) in [7, 11) is 1.52. The van der Waals surface area contributed by atoms with Gasteiger partial charge in [0.25, 0.3) is 0 Å². The van der Waals surface area contributed by atoms with Gasteiger partial charge in [0.1, 0.15) is 12.4 Å². The number of carbonyl (C=O) groups is 2. The number of amides is 2. The number of nitrogens with zero attached hydrogens (tertiary/aromatic N) is 2. The number of rotatable bonds is 4. The van der Waals surface area contributed by atoms with E-state index in [-0.39, 0.29) is 29.8 Å².